The van der Waals surface area contributed by atoms with Gasteiger partial charge >= 0.3 is 5.97 Å². The van der Waals surface area contributed by atoms with Crippen molar-refractivity contribution in [3.05, 3.63) is 35.4 Å². The molecule has 1 aliphatic rings. The predicted molar refractivity (Wildman–Crippen MR) is 140 cm³/mol. The van der Waals surface area contributed by atoms with Crippen LogP contribution in [-0.2, 0) is 30.5 Å². The maximum absolute atomic E-state index is 13.1. The Morgan fingerprint density at radius 1 is 0.838 bits per heavy atom. The second-order valence-corrected chi connectivity index (χ2v) is 9.97. The molecule has 1 aliphatic heterocycles. The van der Waals surface area contributed by atoms with Gasteiger partial charge < -0.3 is 15.7 Å². The maximum atomic E-state index is 13.1. The van der Waals surface area contributed by atoms with Crippen molar-refractivity contribution in [3.63, 3.8) is 0 Å². The quantitative estimate of drug-likeness (QED) is 0.501. The molecule has 0 saturated carbocycles. The molecule has 2 amide bonds. The van der Waals surface area contributed by atoms with Gasteiger partial charge in [-0.3, -0.25) is 19.2 Å². The van der Waals surface area contributed by atoms with Gasteiger partial charge in [-0.05, 0) is 24.8 Å². The molecule has 1 aromatic carbocycles. The Hall–Kier alpha value is -3.03. The van der Waals surface area contributed by atoms with Gasteiger partial charge in [-0.1, -0.05) is 88.5 Å². The van der Waals surface area contributed by atoms with E-state index in [2.05, 4.69) is 10.6 Å². The number of hydrogen-bond acceptors (Lipinski definition) is 5. The molecule has 2 rings (SSSR count). The first-order valence-corrected chi connectivity index (χ1v) is 13.7. The van der Waals surface area contributed by atoms with Gasteiger partial charge in [0.2, 0.25) is 18.1 Å². The van der Waals surface area contributed by atoms with Crippen LogP contribution in [0.15, 0.2) is 24.3 Å². The first-order valence-electron chi connectivity index (χ1n) is 13.7. The Morgan fingerprint density at radius 2 is 1.35 bits per heavy atom. The molecule has 1 fully saturated rings. The lowest BCUT2D eigenvalue weighted by Gasteiger charge is -2.21. The van der Waals surface area contributed by atoms with E-state index >= 15 is 0 Å². The molecule has 37 heavy (non-hydrogen) atoms. The van der Waals surface area contributed by atoms with Gasteiger partial charge in [-0.25, -0.2) is 4.79 Å². The zero-order valence-electron chi connectivity index (χ0n) is 21.8. The van der Waals surface area contributed by atoms with Crippen molar-refractivity contribution >= 4 is 29.9 Å². The lowest BCUT2D eigenvalue weighted by molar-refractivity contribution is -0.143. The van der Waals surface area contributed by atoms with Crippen LogP contribution in [0, 0.1) is 5.92 Å². The van der Waals surface area contributed by atoms with Crippen LogP contribution in [0.5, 0.6) is 0 Å². The number of carboxylic acid groups (broad SMARTS) is 1. The molecule has 1 aromatic rings. The Labute approximate surface area is 220 Å². The lowest BCUT2D eigenvalue weighted by Crippen LogP contribution is -2.46. The molecule has 0 aliphatic carbocycles. The summed E-state index contributed by atoms with van der Waals surface area (Å²) in [7, 11) is 0. The van der Waals surface area contributed by atoms with E-state index in [9.17, 15) is 29.1 Å². The third-order valence-corrected chi connectivity index (χ3v) is 6.93. The summed E-state index contributed by atoms with van der Waals surface area (Å²) < 4.78 is 0. The molecule has 0 aromatic heterocycles. The molecule has 1 heterocycles. The summed E-state index contributed by atoms with van der Waals surface area (Å²) >= 11 is 0. The fourth-order valence-corrected chi connectivity index (χ4v) is 4.64. The van der Waals surface area contributed by atoms with Gasteiger partial charge in [0.1, 0.15) is 11.8 Å². The Bertz CT molecular complexity index is 883. The number of aliphatic carboxylic acids is 1. The number of ketones is 1. The number of carboxylic acids is 1. The molecule has 0 spiro atoms. The smallest absolute Gasteiger partial charge is 0.326 e. The normalized spacial score (nSPS) is 21.8. The summed E-state index contributed by atoms with van der Waals surface area (Å²) in [4.78, 5) is 61.2. The lowest BCUT2D eigenvalue weighted by atomic mass is 9.91. The van der Waals surface area contributed by atoms with Crippen molar-refractivity contribution in [3.8, 4) is 0 Å². The van der Waals surface area contributed by atoms with Crippen molar-refractivity contribution in [1.82, 2.24) is 10.6 Å². The highest BCUT2D eigenvalue weighted by molar-refractivity contribution is 6.02. The number of carbonyl (C=O) groups is 4. The van der Waals surface area contributed by atoms with Crippen molar-refractivity contribution in [2.24, 2.45) is 5.92 Å². The third kappa shape index (κ3) is 12.2. The molecule has 8 nitrogen and oxygen atoms in total. The summed E-state index contributed by atoms with van der Waals surface area (Å²) in [6, 6.07) is 5.19. The van der Waals surface area contributed by atoms with Crippen LogP contribution in [0.2, 0.25) is 0 Å². The highest BCUT2D eigenvalue weighted by Crippen LogP contribution is 2.18. The summed E-state index contributed by atoms with van der Waals surface area (Å²) in [6.07, 6.45) is 14.3. The number of carbonyl (C=O) groups excluding carboxylic acids is 4. The molecule has 0 bridgehead atoms. The number of benzene rings is 1. The van der Waals surface area contributed by atoms with E-state index in [1.54, 1.807) is 30.6 Å². The van der Waals surface area contributed by atoms with Crippen molar-refractivity contribution in [2.75, 3.05) is 0 Å². The van der Waals surface area contributed by atoms with Gasteiger partial charge in [-0.2, -0.15) is 0 Å². The van der Waals surface area contributed by atoms with E-state index < -0.39 is 23.8 Å². The summed E-state index contributed by atoms with van der Waals surface area (Å²) in [5.41, 5.74) is 1.12. The molecule has 1 unspecified atom stereocenters. The number of hydrogen-bond donors (Lipinski definition) is 3. The molecular formula is C29H41N2O6. The largest absolute Gasteiger partial charge is 0.480 e. The second-order valence-electron chi connectivity index (χ2n) is 9.97. The Kier molecular flexibility index (Phi) is 14.2. The van der Waals surface area contributed by atoms with Crippen LogP contribution in [0.25, 0.3) is 0 Å². The molecule has 2 atom stereocenters. The minimum atomic E-state index is -1.32. The molecule has 3 N–H and O–H groups in total. The fourth-order valence-electron chi connectivity index (χ4n) is 4.64. The number of amides is 2. The van der Waals surface area contributed by atoms with E-state index in [-0.39, 0.29) is 37.5 Å². The molecule has 1 radical (unpaired) electrons. The first kappa shape index (κ1) is 30.2. The Balaban J connectivity index is 2.07. The Morgan fingerprint density at radius 3 is 1.86 bits per heavy atom. The number of nitrogens with one attached hydrogen (secondary N) is 2. The van der Waals surface area contributed by atoms with Crippen LogP contribution in [-0.4, -0.2) is 41.0 Å². The summed E-state index contributed by atoms with van der Waals surface area (Å²) in [5, 5.41) is 15.0. The van der Waals surface area contributed by atoms with Crippen LogP contribution >= 0.6 is 0 Å². The zero-order valence-corrected chi connectivity index (χ0v) is 21.8. The van der Waals surface area contributed by atoms with Gasteiger partial charge in [0.15, 0.2) is 0 Å². The van der Waals surface area contributed by atoms with Gasteiger partial charge in [-0.15, -0.1) is 0 Å². The maximum Gasteiger partial charge on any atom is 0.326 e. The summed E-state index contributed by atoms with van der Waals surface area (Å²) in [5.74, 6) is -3.67. The van der Waals surface area contributed by atoms with E-state index in [1.165, 1.54) is 25.7 Å². The summed E-state index contributed by atoms with van der Waals surface area (Å²) in [6.45, 7) is 0.131. The minimum Gasteiger partial charge on any atom is -0.480 e. The van der Waals surface area contributed by atoms with Crippen molar-refractivity contribution in [2.45, 2.75) is 109 Å². The van der Waals surface area contributed by atoms with E-state index in [0.717, 1.165) is 44.1 Å². The number of rotatable bonds is 5. The van der Waals surface area contributed by atoms with Gasteiger partial charge in [0.25, 0.3) is 0 Å². The SMILES string of the molecule is O=[C]c1ccc(CNC(=O)C2C[C@@H](C(=O)O)NC(=O)CCCCCCCCCCCCCCC2=O)cc1. The average molecular weight is 514 g/mol. The minimum absolute atomic E-state index is 0.131. The monoisotopic (exact) mass is 513 g/mol. The number of Topliss-reactive ketones (excluding diaryl/α,β-unsaturated/α-hetero) is 1. The van der Waals surface area contributed by atoms with E-state index in [0.29, 0.717) is 18.4 Å². The first-order chi connectivity index (χ1) is 17.9. The van der Waals surface area contributed by atoms with Crippen molar-refractivity contribution < 1.29 is 29.1 Å². The van der Waals surface area contributed by atoms with Crippen molar-refractivity contribution in [1.29, 1.82) is 0 Å². The van der Waals surface area contributed by atoms with Crippen LogP contribution < -0.4 is 10.6 Å². The highest BCUT2D eigenvalue weighted by Gasteiger charge is 2.32. The van der Waals surface area contributed by atoms with Crippen LogP contribution in [0.3, 0.4) is 0 Å². The van der Waals surface area contributed by atoms with E-state index in [1.807, 2.05) is 0 Å². The van der Waals surface area contributed by atoms with E-state index in [4.69, 9.17) is 0 Å². The fraction of sp³-hybridized carbons (Fsp3) is 0.621. The van der Waals surface area contributed by atoms with Crippen LogP contribution in [0.4, 0.5) is 0 Å². The topological polar surface area (TPSA) is 130 Å². The highest BCUT2D eigenvalue weighted by atomic mass is 16.4. The molecular weight excluding hydrogens is 472 g/mol. The molecule has 8 heteroatoms. The van der Waals surface area contributed by atoms with Crippen LogP contribution in [0.1, 0.15) is 107 Å². The third-order valence-electron chi connectivity index (χ3n) is 6.93. The predicted octanol–water partition coefficient (Wildman–Crippen LogP) is 4.38. The standard InChI is InChI=1S/C29H41N2O6/c32-21-23-17-15-22(16-18-23)20-30-28(35)24-19-25(29(36)37)31-27(34)14-12-10-8-6-4-2-1-3-5-7-9-11-13-26(24)33/h15-18,24-25H,1-14,19-20H2,(H,30,35)(H,31,34)(H,36,37)/t24?,25-/m0/s1. The second kappa shape index (κ2) is 17.4. The molecule has 1 saturated heterocycles. The zero-order chi connectivity index (χ0) is 26.9. The van der Waals surface area contributed by atoms with Gasteiger partial charge in [0, 0.05) is 24.9 Å². The van der Waals surface area contributed by atoms with Gasteiger partial charge in [0.05, 0.1) is 5.92 Å². The average Bonchev–Trinajstić information content (AvgIpc) is 2.89. The molecule has 203 valence electrons.